The van der Waals surface area contributed by atoms with E-state index in [4.69, 9.17) is 4.74 Å². The normalized spacial score (nSPS) is 14.1. The molecule has 1 saturated carbocycles. The number of rotatable bonds is 8. The summed E-state index contributed by atoms with van der Waals surface area (Å²) in [6.45, 7) is 2.11. The maximum absolute atomic E-state index is 12.8. The highest BCUT2D eigenvalue weighted by molar-refractivity contribution is 5.69. The van der Waals surface area contributed by atoms with Crippen molar-refractivity contribution in [2.24, 2.45) is 14.1 Å². The van der Waals surface area contributed by atoms with Crippen molar-refractivity contribution in [3.63, 3.8) is 0 Å². The molecule has 8 heteroatoms. The second-order valence-corrected chi connectivity index (χ2v) is 7.73. The number of ether oxygens (including phenoxy) is 1. The minimum absolute atomic E-state index is 0.267. The standard InChI is InChI=1S/C21H27N5O3/c1-23-14-22-19-18(23)20(27)26(21(28)24(19)2)12-4-11-25(16-7-8-16)13-15-5-9-17(29-3)10-6-15/h5-6,9-10,14,16H,4,7-8,11-13H2,1-3H3. The number of benzene rings is 1. The van der Waals surface area contributed by atoms with Gasteiger partial charge in [0.15, 0.2) is 11.2 Å². The lowest BCUT2D eigenvalue weighted by molar-refractivity contribution is 0.245. The van der Waals surface area contributed by atoms with E-state index in [2.05, 4.69) is 22.0 Å². The molecule has 2 heterocycles. The van der Waals surface area contributed by atoms with Crippen molar-refractivity contribution >= 4 is 11.2 Å². The number of nitrogens with zero attached hydrogens (tertiary/aromatic N) is 5. The third kappa shape index (κ3) is 3.85. The molecule has 0 N–H and O–H groups in total. The summed E-state index contributed by atoms with van der Waals surface area (Å²) in [5, 5.41) is 0. The molecule has 0 saturated heterocycles. The number of hydrogen-bond donors (Lipinski definition) is 0. The highest BCUT2D eigenvalue weighted by Gasteiger charge is 2.28. The van der Waals surface area contributed by atoms with Gasteiger partial charge in [0.25, 0.3) is 5.56 Å². The molecule has 0 spiro atoms. The largest absolute Gasteiger partial charge is 0.497 e. The van der Waals surface area contributed by atoms with E-state index in [0.29, 0.717) is 23.8 Å². The Morgan fingerprint density at radius 3 is 2.55 bits per heavy atom. The van der Waals surface area contributed by atoms with Crippen molar-refractivity contribution < 1.29 is 4.74 Å². The van der Waals surface area contributed by atoms with Crippen molar-refractivity contribution in [2.45, 2.75) is 38.4 Å². The van der Waals surface area contributed by atoms with E-state index in [-0.39, 0.29) is 11.2 Å². The average molecular weight is 397 g/mol. The Labute approximate surface area is 169 Å². The van der Waals surface area contributed by atoms with Gasteiger partial charge in [-0.15, -0.1) is 0 Å². The summed E-state index contributed by atoms with van der Waals surface area (Å²) in [6.07, 6.45) is 4.72. The zero-order chi connectivity index (χ0) is 20.5. The van der Waals surface area contributed by atoms with Gasteiger partial charge >= 0.3 is 5.69 Å². The number of methoxy groups -OCH3 is 1. The van der Waals surface area contributed by atoms with E-state index < -0.39 is 0 Å². The first-order chi connectivity index (χ1) is 14.0. The Bertz CT molecular complexity index is 1120. The zero-order valence-corrected chi connectivity index (χ0v) is 17.2. The van der Waals surface area contributed by atoms with Gasteiger partial charge < -0.3 is 9.30 Å². The summed E-state index contributed by atoms with van der Waals surface area (Å²) in [5.74, 6) is 0.854. The van der Waals surface area contributed by atoms with Crippen LogP contribution < -0.4 is 16.0 Å². The van der Waals surface area contributed by atoms with Crippen molar-refractivity contribution in [2.75, 3.05) is 13.7 Å². The van der Waals surface area contributed by atoms with Gasteiger partial charge in [-0.25, -0.2) is 9.78 Å². The Kier molecular flexibility index (Phi) is 5.27. The van der Waals surface area contributed by atoms with Crippen LogP contribution in [0.25, 0.3) is 11.2 Å². The van der Waals surface area contributed by atoms with Crippen LogP contribution in [0.5, 0.6) is 5.75 Å². The molecule has 3 aromatic rings. The summed E-state index contributed by atoms with van der Waals surface area (Å²) in [7, 11) is 5.10. The van der Waals surface area contributed by atoms with Gasteiger partial charge in [-0.1, -0.05) is 12.1 Å². The van der Waals surface area contributed by atoms with Crippen LogP contribution in [0.1, 0.15) is 24.8 Å². The molecule has 1 aliphatic carbocycles. The molecule has 154 valence electrons. The van der Waals surface area contributed by atoms with Crippen LogP contribution in [0.2, 0.25) is 0 Å². The fourth-order valence-electron chi connectivity index (χ4n) is 3.82. The maximum atomic E-state index is 12.8. The number of aromatic nitrogens is 4. The Hall–Kier alpha value is -2.87. The van der Waals surface area contributed by atoms with E-state index in [0.717, 1.165) is 25.3 Å². The summed E-state index contributed by atoms with van der Waals surface area (Å²) < 4.78 is 9.69. The lowest BCUT2D eigenvalue weighted by Gasteiger charge is -2.22. The van der Waals surface area contributed by atoms with Gasteiger partial charge in [0.2, 0.25) is 0 Å². The van der Waals surface area contributed by atoms with Crippen molar-refractivity contribution in [3.8, 4) is 5.75 Å². The second kappa shape index (κ2) is 7.87. The van der Waals surface area contributed by atoms with E-state index >= 15 is 0 Å². The molecule has 0 atom stereocenters. The van der Waals surface area contributed by atoms with Crippen LogP contribution in [0, 0.1) is 0 Å². The summed E-state index contributed by atoms with van der Waals surface area (Å²) in [4.78, 5) is 32.1. The molecule has 4 rings (SSSR count). The molecule has 29 heavy (non-hydrogen) atoms. The monoisotopic (exact) mass is 397 g/mol. The van der Waals surface area contributed by atoms with Crippen molar-refractivity contribution in [1.82, 2.24) is 23.6 Å². The Morgan fingerprint density at radius 1 is 1.17 bits per heavy atom. The topological polar surface area (TPSA) is 74.3 Å². The molecule has 0 radical (unpaired) electrons. The highest BCUT2D eigenvalue weighted by atomic mass is 16.5. The van der Waals surface area contributed by atoms with E-state index in [9.17, 15) is 9.59 Å². The van der Waals surface area contributed by atoms with Gasteiger partial charge in [-0.05, 0) is 37.0 Å². The minimum atomic E-state index is -0.311. The second-order valence-electron chi connectivity index (χ2n) is 7.73. The van der Waals surface area contributed by atoms with Crippen LogP contribution in [-0.2, 0) is 27.2 Å². The molecule has 0 bridgehead atoms. The van der Waals surface area contributed by atoms with Gasteiger partial charge in [-0.3, -0.25) is 18.8 Å². The Morgan fingerprint density at radius 2 is 1.90 bits per heavy atom. The molecule has 1 fully saturated rings. The predicted octanol–water partition coefficient (Wildman–Crippen LogP) is 1.50. The lowest BCUT2D eigenvalue weighted by Crippen LogP contribution is -2.40. The first kappa shape index (κ1) is 19.4. The fraction of sp³-hybridized carbons (Fsp3) is 0.476. The molecule has 1 aliphatic rings. The van der Waals surface area contributed by atoms with Gasteiger partial charge in [0, 0.05) is 39.8 Å². The van der Waals surface area contributed by atoms with E-state index in [1.54, 1.807) is 32.1 Å². The van der Waals surface area contributed by atoms with Crippen LogP contribution in [0.4, 0.5) is 0 Å². The number of aryl methyl sites for hydroxylation is 2. The number of imidazole rings is 1. The lowest BCUT2D eigenvalue weighted by atomic mass is 10.2. The average Bonchev–Trinajstić information content (AvgIpc) is 3.50. The molecule has 0 aliphatic heterocycles. The first-order valence-corrected chi connectivity index (χ1v) is 9.97. The van der Waals surface area contributed by atoms with Gasteiger partial charge in [0.05, 0.1) is 13.4 Å². The summed E-state index contributed by atoms with van der Waals surface area (Å²) >= 11 is 0. The van der Waals surface area contributed by atoms with Crippen LogP contribution in [-0.4, -0.2) is 43.3 Å². The third-order valence-electron chi connectivity index (χ3n) is 5.64. The summed E-state index contributed by atoms with van der Waals surface area (Å²) in [5.41, 5.74) is 1.55. The highest BCUT2D eigenvalue weighted by Crippen LogP contribution is 2.28. The number of fused-ring (bicyclic) bond motifs is 1. The molecule has 2 aromatic heterocycles. The van der Waals surface area contributed by atoms with Crippen LogP contribution in [0.3, 0.4) is 0 Å². The molecule has 1 aromatic carbocycles. The maximum Gasteiger partial charge on any atom is 0.332 e. The van der Waals surface area contributed by atoms with Crippen LogP contribution in [0.15, 0.2) is 40.2 Å². The molecular weight excluding hydrogens is 370 g/mol. The van der Waals surface area contributed by atoms with Crippen LogP contribution >= 0.6 is 0 Å². The van der Waals surface area contributed by atoms with E-state index in [1.165, 1.54) is 27.5 Å². The molecule has 0 amide bonds. The smallest absolute Gasteiger partial charge is 0.332 e. The van der Waals surface area contributed by atoms with Crippen molar-refractivity contribution in [1.29, 1.82) is 0 Å². The minimum Gasteiger partial charge on any atom is -0.497 e. The molecule has 0 unspecified atom stereocenters. The summed E-state index contributed by atoms with van der Waals surface area (Å²) in [6, 6.07) is 8.73. The fourth-order valence-corrected chi connectivity index (χ4v) is 3.82. The first-order valence-electron chi connectivity index (χ1n) is 9.97. The molecule has 8 nitrogen and oxygen atoms in total. The van der Waals surface area contributed by atoms with Gasteiger partial charge in [-0.2, -0.15) is 0 Å². The van der Waals surface area contributed by atoms with Crippen molar-refractivity contribution in [3.05, 3.63) is 57.0 Å². The SMILES string of the molecule is COc1ccc(CN(CCCn2c(=O)c3c(ncn3C)n(C)c2=O)C2CC2)cc1. The number of hydrogen-bond acceptors (Lipinski definition) is 5. The quantitative estimate of drug-likeness (QED) is 0.576. The third-order valence-corrected chi connectivity index (χ3v) is 5.64. The zero-order valence-electron chi connectivity index (χ0n) is 17.2. The molecular formula is C21H27N5O3. The van der Waals surface area contributed by atoms with E-state index in [1.807, 2.05) is 12.1 Å². The Balaban J connectivity index is 1.47. The van der Waals surface area contributed by atoms with Gasteiger partial charge in [0.1, 0.15) is 5.75 Å². The predicted molar refractivity (Wildman–Crippen MR) is 111 cm³/mol.